The molecule has 0 fully saturated rings. The number of nitrogens with zero attached hydrogens (tertiary/aromatic N) is 2. The Morgan fingerprint density at radius 2 is 1.83 bits per heavy atom. The third kappa shape index (κ3) is 5.06. The minimum atomic E-state index is -0.700. The van der Waals surface area contributed by atoms with E-state index in [0.717, 1.165) is 11.3 Å². The summed E-state index contributed by atoms with van der Waals surface area (Å²) in [5.41, 5.74) is 1.59. The molecule has 0 saturated heterocycles. The van der Waals surface area contributed by atoms with Gasteiger partial charge < -0.3 is 18.9 Å². The van der Waals surface area contributed by atoms with Gasteiger partial charge in [-0.05, 0) is 36.8 Å². The van der Waals surface area contributed by atoms with Crippen LogP contribution in [0.3, 0.4) is 0 Å². The van der Waals surface area contributed by atoms with Crippen LogP contribution in [0.1, 0.15) is 12.5 Å². The third-order valence-electron chi connectivity index (χ3n) is 4.39. The molecule has 9 nitrogen and oxygen atoms in total. The third-order valence-corrected chi connectivity index (χ3v) is 4.39. The van der Waals surface area contributed by atoms with Gasteiger partial charge in [0.15, 0.2) is 5.82 Å². The van der Waals surface area contributed by atoms with Crippen LogP contribution in [0.4, 0.5) is 5.95 Å². The number of amides is 1. The molecule has 0 aliphatic heterocycles. The maximum Gasteiger partial charge on any atom is 0.255 e. The largest absolute Gasteiger partial charge is 0.497 e. The molecule has 0 bridgehead atoms. The predicted molar refractivity (Wildman–Crippen MR) is 111 cm³/mol. The Kier molecular flexibility index (Phi) is 6.87. The van der Waals surface area contributed by atoms with Crippen molar-refractivity contribution in [3.05, 3.63) is 48.0 Å². The number of carbonyl (C=O) groups is 1. The van der Waals surface area contributed by atoms with E-state index in [1.807, 2.05) is 24.3 Å². The zero-order valence-corrected chi connectivity index (χ0v) is 17.3. The molecule has 3 aromatic rings. The van der Waals surface area contributed by atoms with Crippen molar-refractivity contribution in [2.45, 2.75) is 19.6 Å². The summed E-state index contributed by atoms with van der Waals surface area (Å²) < 4.78 is 21.4. The van der Waals surface area contributed by atoms with E-state index < -0.39 is 6.10 Å². The number of methoxy groups -OCH3 is 3. The fraction of sp³-hybridized carbons (Fsp3) is 0.286. The lowest BCUT2D eigenvalue weighted by atomic mass is 10.2. The normalized spacial score (nSPS) is 11.6. The number of H-pyrrole nitrogens is 1. The topological polar surface area (TPSA) is 108 Å². The highest BCUT2D eigenvalue weighted by molar-refractivity contribution is 5.92. The van der Waals surface area contributed by atoms with Crippen LogP contribution in [0.5, 0.6) is 17.2 Å². The second kappa shape index (κ2) is 9.75. The lowest BCUT2D eigenvalue weighted by Crippen LogP contribution is -2.28. The Balaban J connectivity index is 1.61. The first-order valence-electron chi connectivity index (χ1n) is 9.24. The van der Waals surface area contributed by atoms with Gasteiger partial charge in [-0.2, -0.15) is 4.98 Å². The molecule has 2 N–H and O–H groups in total. The molecule has 0 aliphatic rings. The quantitative estimate of drug-likeness (QED) is 0.556. The van der Waals surface area contributed by atoms with Crippen LogP contribution in [-0.2, 0) is 16.1 Å². The summed E-state index contributed by atoms with van der Waals surface area (Å²) in [6.45, 7) is 1.93. The van der Waals surface area contributed by atoms with Crippen molar-refractivity contribution in [3.8, 4) is 28.6 Å². The van der Waals surface area contributed by atoms with Crippen LogP contribution in [0, 0.1) is 0 Å². The smallest absolute Gasteiger partial charge is 0.255 e. The molecular formula is C21H24N4O5. The second-order valence-electron chi connectivity index (χ2n) is 6.37. The number of ether oxygens (including phenoxy) is 4. The molecule has 158 valence electrons. The van der Waals surface area contributed by atoms with Crippen molar-refractivity contribution in [1.29, 1.82) is 0 Å². The van der Waals surface area contributed by atoms with Crippen molar-refractivity contribution < 1.29 is 23.7 Å². The van der Waals surface area contributed by atoms with E-state index in [1.165, 1.54) is 0 Å². The summed E-state index contributed by atoms with van der Waals surface area (Å²) in [6.07, 6.45) is -0.700. The number of aromatic amines is 1. The zero-order valence-electron chi connectivity index (χ0n) is 17.3. The summed E-state index contributed by atoms with van der Waals surface area (Å²) in [5.74, 6) is 2.20. The Labute approximate surface area is 174 Å². The van der Waals surface area contributed by atoms with Gasteiger partial charge in [0.2, 0.25) is 5.95 Å². The molecule has 1 atom stereocenters. The maximum atomic E-state index is 12.4. The zero-order chi connectivity index (χ0) is 21.5. The van der Waals surface area contributed by atoms with Gasteiger partial charge in [-0.3, -0.25) is 15.2 Å². The SMILES string of the molecule is COc1cccc(COC(C)C(=O)Nc2n[nH]c(-c3ccc(OC)cc3OC)n2)c1. The molecule has 0 radical (unpaired) electrons. The van der Waals surface area contributed by atoms with Gasteiger partial charge in [0, 0.05) is 6.07 Å². The Morgan fingerprint density at radius 1 is 1.07 bits per heavy atom. The number of rotatable bonds is 9. The predicted octanol–water partition coefficient (Wildman–Crippen LogP) is 3.04. The van der Waals surface area contributed by atoms with Crippen LogP contribution in [-0.4, -0.2) is 48.5 Å². The highest BCUT2D eigenvalue weighted by Crippen LogP contribution is 2.31. The molecule has 3 rings (SSSR count). The lowest BCUT2D eigenvalue weighted by Gasteiger charge is -2.12. The van der Waals surface area contributed by atoms with E-state index >= 15 is 0 Å². The fourth-order valence-corrected chi connectivity index (χ4v) is 2.70. The van der Waals surface area contributed by atoms with Crippen LogP contribution in [0.25, 0.3) is 11.4 Å². The van der Waals surface area contributed by atoms with Gasteiger partial charge in [0.1, 0.15) is 23.4 Å². The van der Waals surface area contributed by atoms with E-state index in [0.29, 0.717) is 22.9 Å². The Morgan fingerprint density at radius 3 is 2.57 bits per heavy atom. The first kappa shape index (κ1) is 21.1. The van der Waals surface area contributed by atoms with Crippen molar-refractivity contribution in [1.82, 2.24) is 15.2 Å². The molecule has 1 aromatic heterocycles. The van der Waals surface area contributed by atoms with Crippen LogP contribution >= 0.6 is 0 Å². The Bertz CT molecular complexity index is 1000. The number of nitrogens with one attached hydrogen (secondary N) is 2. The van der Waals surface area contributed by atoms with Gasteiger partial charge in [-0.15, -0.1) is 5.10 Å². The summed E-state index contributed by atoms with van der Waals surface area (Å²) in [6, 6.07) is 12.8. The van der Waals surface area contributed by atoms with E-state index in [-0.39, 0.29) is 18.5 Å². The van der Waals surface area contributed by atoms with E-state index in [1.54, 1.807) is 46.5 Å². The molecule has 1 unspecified atom stereocenters. The number of hydrogen-bond acceptors (Lipinski definition) is 7. The fourth-order valence-electron chi connectivity index (χ4n) is 2.70. The maximum absolute atomic E-state index is 12.4. The number of carbonyl (C=O) groups excluding carboxylic acids is 1. The van der Waals surface area contributed by atoms with E-state index in [4.69, 9.17) is 18.9 Å². The molecular weight excluding hydrogens is 388 g/mol. The van der Waals surface area contributed by atoms with Gasteiger partial charge in [-0.25, -0.2) is 0 Å². The number of aromatic nitrogens is 3. The first-order chi connectivity index (χ1) is 14.5. The van der Waals surface area contributed by atoms with E-state index in [2.05, 4.69) is 20.5 Å². The van der Waals surface area contributed by atoms with Gasteiger partial charge >= 0.3 is 0 Å². The molecule has 1 amide bonds. The van der Waals surface area contributed by atoms with E-state index in [9.17, 15) is 4.79 Å². The second-order valence-corrected chi connectivity index (χ2v) is 6.37. The molecule has 0 spiro atoms. The summed E-state index contributed by atoms with van der Waals surface area (Å²) >= 11 is 0. The van der Waals surface area contributed by atoms with Crippen molar-refractivity contribution in [2.75, 3.05) is 26.6 Å². The van der Waals surface area contributed by atoms with Crippen LogP contribution in [0.15, 0.2) is 42.5 Å². The van der Waals surface area contributed by atoms with Gasteiger partial charge in [-0.1, -0.05) is 12.1 Å². The van der Waals surface area contributed by atoms with Crippen molar-refractivity contribution in [2.24, 2.45) is 0 Å². The van der Waals surface area contributed by atoms with Crippen molar-refractivity contribution in [3.63, 3.8) is 0 Å². The first-order valence-corrected chi connectivity index (χ1v) is 9.24. The van der Waals surface area contributed by atoms with Crippen LogP contribution in [0.2, 0.25) is 0 Å². The molecule has 30 heavy (non-hydrogen) atoms. The Hall–Kier alpha value is -3.59. The molecule has 9 heteroatoms. The minimum absolute atomic E-state index is 0.143. The number of anilines is 1. The average molecular weight is 412 g/mol. The number of hydrogen-bond donors (Lipinski definition) is 2. The minimum Gasteiger partial charge on any atom is -0.497 e. The van der Waals surface area contributed by atoms with Crippen LogP contribution < -0.4 is 19.5 Å². The lowest BCUT2D eigenvalue weighted by molar-refractivity contribution is -0.127. The highest BCUT2D eigenvalue weighted by atomic mass is 16.5. The van der Waals surface area contributed by atoms with Crippen molar-refractivity contribution >= 4 is 11.9 Å². The summed E-state index contributed by atoms with van der Waals surface area (Å²) in [4.78, 5) is 16.7. The molecule has 0 saturated carbocycles. The monoisotopic (exact) mass is 412 g/mol. The summed E-state index contributed by atoms with van der Waals surface area (Å²) in [7, 11) is 4.73. The standard InChI is InChI=1S/C21H24N4O5/c1-13(30-12-14-6-5-7-15(10-14)27-2)20(26)23-21-22-19(24-25-21)17-9-8-16(28-3)11-18(17)29-4/h5-11,13H,12H2,1-4H3,(H2,22,23,24,25,26). The molecule has 2 aromatic carbocycles. The highest BCUT2D eigenvalue weighted by Gasteiger charge is 2.18. The number of benzene rings is 2. The molecule has 1 heterocycles. The van der Waals surface area contributed by atoms with Gasteiger partial charge in [0.25, 0.3) is 5.91 Å². The molecule has 0 aliphatic carbocycles. The van der Waals surface area contributed by atoms with Gasteiger partial charge in [0.05, 0.1) is 33.5 Å². The average Bonchev–Trinajstić information content (AvgIpc) is 3.25. The summed E-state index contributed by atoms with van der Waals surface area (Å²) in [5, 5.41) is 9.49.